The number of isocyanates is 2. The zero-order valence-corrected chi connectivity index (χ0v) is 13.4. The number of rotatable bonds is 6. The standard InChI is InChI=1S/C17H22N2O2/c1-6-7-13-8-14(11(2)3)17(19-10-21)15(12(4)5)16(13)18-9-20/h8,11-12H,6-7H2,1-5H3. The van der Waals surface area contributed by atoms with Gasteiger partial charge in [0.25, 0.3) is 0 Å². The van der Waals surface area contributed by atoms with Crippen molar-refractivity contribution in [2.24, 2.45) is 9.98 Å². The molecule has 1 aromatic carbocycles. The van der Waals surface area contributed by atoms with Gasteiger partial charge in [-0.15, -0.1) is 0 Å². The molecular formula is C17H22N2O2. The SMILES string of the molecule is CCCc1cc(C(C)C)c(N=C=O)c(C(C)C)c1N=C=O. The lowest BCUT2D eigenvalue weighted by Gasteiger charge is -2.20. The molecule has 4 nitrogen and oxygen atoms in total. The van der Waals surface area contributed by atoms with Gasteiger partial charge in [0.2, 0.25) is 12.2 Å². The van der Waals surface area contributed by atoms with Gasteiger partial charge in [-0.25, -0.2) is 9.59 Å². The van der Waals surface area contributed by atoms with E-state index in [9.17, 15) is 9.59 Å². The average Bonchev–Trinajstić information content (AvgIpc) is 2.41. The lowest BCUT2D eigenvalue weighted by atomic mass is 9.87. The number of carbonyl (C=O) groups excluding carboxylic acids is 2. The van der Waals surface area contributed by atoms with E-state index in [1.54, 1.807) is 12.2 Å². The summed E-state index contributed by atoms with van der Waals surface area (Å²) >= 11 is 0. The minimum atomic E-state index is 0.0958. The van der Waals surface area contributed by atoms with Crippen LogP contribution in [0, 0.1) is 0 Å². The second-order valence-corrected chi connectivity index (χ2v) is 5.70. The molecule has 0 amide bonds. The third kappa shape index (κ3) is 3.75. The molecule has 0 saturated carbocycles. The Morgan fingerprint density at radius 3 is 2.00 bits per heavy atom. The number of nitrogens with zero attached hydrogens (tertiary/aromatic N) is 2. The van der Waals surface area contributed by atoms with Crippen LogP contribution < -0.4 is 0 Å². The van der Waals surface area contributed by atoms with Crippen LogP contribution in [-0.2, 0) is 16.0 Å². The number of aryl methyl sites for hydroxylation is 1. The first-order valence-corrected chi connectivity index (χ1v) is 7.33. The largest absolute Gasteiger partial charge is 0.240 e. The molecule has 1 rings (SSSR count). The molecule has 1 aromatic rings. The van der Waals surface area contributed by atoms with E-state index in [1.165, 1.54) is 0 Å². The molecular weight excluding hydrogens is 264 g/mol. The predicted molar refractivity (Wildman–Crippen MR) is 84.2 cm³/mol. The van der Waals surface area contributed by atoms with Crippen molar-refractivity contribution in [1.29, 1.82) is 0 Å². The molecule has 0 aliphatic rings. The van der Waals surface area contributed by atoms with Crippen molar-refractivity contribution in [1.82, 2.24) is 0 Å². The van der Waals surface area contributed by atoms with Crippen molar-refractivity contribution in [3.05, 3.63) is 22.8 Å². The van der Waals surface area contributed by atoms with Crippen LogP contribution in [0.5, 0.6) is 0 Å². The lowest BCUT2D eigenvalue weighted by Crippen LogP contribution is -2.00. The number of hydrogen-bond donors (Lipinski definition) is 0. The van der Waals surface area contributed by atoms with E-state index in [1.807, 2.05) is 19.9 Å². The quantitative estimate of drug-likeness (QED) is 0.556. The Kier molecular flexibility index (Phi) is 6.23. The van der Waals surface area contributed by atoms with Crippen LogP contribution in [0.25, 0.3) is 0 Å². The van der Waals surface area contributed by atoms with Crippen LogP contribution in [0.2, 0.25) is 0 Å². The highest BCUT2D eigenvalue weighted by Gasteiger charge is 2.21. The Hall–Kier alpha value is -2.02. The molecule has 0 fully saturated rings. The molecule has 0 atom stereocenters. The van der Waals surface area contributed by atoms with Gasteiger partial charge in [0.05, 0.1) is 11.4 Å². The molecule has 112 valence electrons. The Labute approximate surface area is 126 Å². The highest BCUT2D eigenvalue weighted by molar-refractivity contribution is 5.73. The Morgan fingerprint density at radius 1 is 1.00 bits per heavy atom. The summed E-state index contributed by atoms with van der Waals surface area (Å²) in [5.74, 6) is 0.318. The van der Waals surface area contributed by atoms with E-state index in [4.69, 9.17) is 0 Å². The van der Waals surface area contributed by atoms with E-state index in [2.05, 4.69) is 30.8 Å². The fourth-order valence-corrected chi connectivity index (χ4v) is 2.56. The molecule has 4 heteroatoms. The first-order chi connectivity index (χ1) is 9.97. The van der Waals surface area contributed by atoms with Crippen LogP contribution in [0.4, 0.5) is 11.4 Å². The molecule has 0 bridgehead atoms. The summed E-state index contributed by atoms with van der Waals surface area (Å²) in [4.78, 5) is 29.4. The third-order valence-electron chi connectivity index (χ3n) is 3.45. The van der Waals surface area contributed by atoms with Crippen LogP contribution in [0.15, 0.2) is 16.1 Å². The summed E-state index contributed by atoms with van der Waals surface area (Å²) in [5, 5.41) is 0. The van der Waals surface area contributed by atoms with E-state index in [0.29, 0.717) is 11.4 Å². The molecule has 0 radical (unpaired) electrons. The van der Waals surface area contributed by atoms with Gasteiger partial charge in [-0.05, 0) is 29.4 Å². The van der Waals surface area contributed by atoms with Crippen molar-refractivity contribution in [3.8, 4) is 0 Å². The van der Waals surface area contributed by atoms with Gasteiger partial charge in [-0.3, -0.25) is 0 Å². The fourth-order valence-electron chi connectivity index (χ4n) is 2.56. The predicted octanol–water partition coefficient (Wildman–Crippen LogP) is 4.82. The van der Waals surface area contributed by atoms with Crippen molar-refractivity contribution in [2.45, 2.75) is 59.3 Å². The molecule has 0 aliphatic heterocycles. The van der Waals surface area contributed by atoms with Gasteiger partial charge in [0.15, 0.2) is 0 Å². The Bertz CT molecular complexity index is 606. The molecule has 0 spiro atoms. The summed E-state index contributed by atoms with van der Waals surface area (Å²) in [5.41, 5.74) is 4.05. The van der Waals surface area contributed by atoms with Crippen molar-refractivity contribution >= 4 is 23.5 Å². The average molecular weight is 286 g/mol. The Balaban J connectivity index is 3.87. The van der Waals surface area contributed by atoms with Gasteiger partial charge >= 0.3 is 0 Å². The molecule has 0 N–H and O–H groups in total. The molecule has 0 aliphatic carbocycles. The zero-order valence-electron chi connectivity index (χ0n) is 13.4. The Morgan fingerprint density at radius 2 is 1.57 bits per heavy atom. The maximum atomic E-state index is 10.8. The van der Waals surface area contributed by atoms with Gasteiger partial charge in [-0.1, -0.05) is 47.1 Å². The number of benzene rings is 1. The van der Waals surface area contributed by atoms with Gasteiger partial charge in [0.1, 0.15) is 0 Å². The van der Waals surface area contributed by atoms with E-state index >= 15 is 0 Å². The van der Waals surface area contributed by atoms with Crippen LogP contribution >= 0.6 is 0 Å². The monoisotopic (exact) mass is 286 g/mol. The number of hydrogen-bond acceptors (Lipinski definition) is 4. The van der Waals surface area contributed by atoms with Gasteiger partial charge < -0.3 is 0 Å². The summed E-state index contributed by atoms with van der Waals surface area (Å²) in [6.07, 6.45) is 5.04. The second kappa shape index (κ2) is 7.68. The summed E-state index contributed by atoms with van der Waals surface area (Å²) < 4.78 is 0. The smallest absolute Gasteiger partial charge is 0.211 e. The van der Waals surface area contributed by atoms with Crippen LogP contribution in [0.1, 0.15) is 69.6 Å². The van der Waals surface area contributed by atoms with Crippen molar-refractivity contribution in [2.75, 3.05) is 0 Å². The minimum Gasteiger partial charge on any atom is -0.211 e. The fraction of sp³-hybridized carbons (Fsp3) is 0.529. The molecule has 0 heterocycles. The van der Waals surface area contributed by atoms with Crippen LogP contribution in [0.3, 0.4) is 0 Å². The maximum absolute atomic E-state index is 10.8. The molecule has 21 heavy (non-hydrogen) atoms. The highest BCUT2D eigenvalue weighted by atomic mass is 16.1. The molecule has 0 saturated heterocycles. The summed E-state index contributed by atoms with van der Waals surface area (Å²) in [6.45, 7) is 10.2. The number of aliphatic imine (C=N–C) groups is 2. The zero-order chi connectivity index (χ0) is 16.0. The van der Waals surface area contributed by atoms with E-state index in [0.717, 1.165) is 29.5 Å². The van der Waals surface area contributed by atoms with Gasteiger partial charge in [-0.2, -0.15) is 9.98 Å². The van der Waals surface area contributed by atoms with Gasteiger partial charge in [0, 0.05) is 5.56 Å². The first kappa shape index (κ1) is 17.0. The maximum Gasteiger partial charge on any atom is 0.240 e. The molecule has 0 unspecified atom stereocenters. The third-order valence-corrected chi connectivity index (χ3v) is 3.45. The summed E-state index contributed by atoms with van der Waals surface area (Å²) in [7, 11) is 0. The topological polar surface area (TPSA) is 58.9 Å². The molecule has 0 aromatic heterocycles. The van der Waals surface area contributed by atoms with E-state index in [-0.39, 0.29) is 11.8 Å². The van der Waals surface area contributed by atoms with Crippen molar-refractivity contribution in [3.63, 3.8) is 0 Å². The minimum absolute atomic E-state index is 0.0958. The lowest BCUT2D eigenvalue weighted by molar-refractivity contribution is 0.564. The normalized spacial score (nSPS) is 10.4. The van der Waals surface area contributed by atoms with Crippen LogP contribution in [-0.4, -0.2) is 12.2 Å². The van der Waals surface area contributed by atoms with E-state index < -0.39 is 0 Å². The highest BCUT2D eigenvalue weighted by Crippen LogP contribution is 2.43. The first-order valence-electron chi connectivity index (χ1n) is 7.33. The van der Waals surface area contributed by atoms with Crippen molar-refractivity contribution < 1.29 is 9.59 Å². The second-order valence-electron chi connectivity index (χ2n) is 5.70. The summed E-state index contributed by atoms with van der Waals surface area (Å²) in [6, 6.07) is 2.01.